The zero-order valence-corrected chi connectivity index (χ0v) is 18.8. The highest BCUT2D eigenvalue weighted by Gasteiger charge is 2.28. The number of nitrogens with zero attached hydrogens (tertiary/aromatic N) is 4. The number of aromatic nitrogens is 3. The van der Waals surface area contributed by atoms with Crippen LogP contribution in [0.1, 0.15) is 24.4 Å². The summed E-state index contributed by atoms with van der Waals surface area (Å²) in [6.45, 7) is 0.786. The summed E-state index contributed by atoms with van der Waals surface area (Å²) in [6.07, 6.45) is 4.62. The van der Waals surface area contributed by atoms with Crippen LogP contribution in [0.15, 0.2) is 71.1 Å². The first-order valence-corrected chi connectivity index (χ1v) is 13.1. The third-order valence-electron chi connectivity index (χ3n) is 5.38. The maximum Gasteiger partial charge on any atom is 0.238 e. The largest absolute Gasteiger partial charge is 0.249 e. The van der Waals surface area contributed by atoms with E-state index in [1.54, 1.807) is 29.1 Å². The topological polar surface area (TPSA) is 128 Å². The number of hydrogen-bond donors (Lipinski definition) is 1. The third kappa shape index (κ3) is 5.13. The molecule has 0 unspecified atom stereocenters. The Balaban J connectivity index is 1.40. The number of primary sulfonamides is 1. The first kappa shape index (κ1) is 22.3. The predicted octanol–water partition coefficient (Wildman–Crippen LogP) is 2.23. The fraction of sp³-hybridized carbons (Fsp3) is 0.238. The molecule has 0 aliphatic carbocycles. The van der Waals surface area contributed by atoms with Crippen LogP contribution >= 0.6 is 0 Å². The van der Waals surface area contributed by atoms with Crippen LogP contribution in [0.25, 0.3) is 17.3 Å². The highest BCUT2D eigenvalue weighted by Crippen LogP contribution is 2.26. The van der Waals surface area contributed by atoms with Crippen molar-refractivity contribution < 1.29 is 16.8 Å². The standard InChI is InChI=1S/C21H23N5O4S2/c22-32(29,30)20-8-6-18(7-9-20)21-16-26(24-23-21)19-10-13-25(14-11-19)31(27,28)15-12-17-4-2-1-3-5-17/h1-9,12,15-16,19H,10-11,13-14H2,(H2,22,29,30)/b15-12+. The predicted molar refractivity (Wildman–Crippen MR) is 121 cm³/mol. The van der Waals surface area contributed by atoms with Crippen molar-refractivity contribution in [2.24, 2.45) is 5.14 Å². The van der Waals surface area contributed by atoms with E-state index in [4.69, 9.17) is 5.14 Å². The average Bonchev–Trinajstić information content (AvgIpc) is 3.28. The van der Waals surface area contributed by atoms with Crippen LogP contribution in [-0.2, 0) is 20.0 Å². The highest BCUT2D eigenvalue weighted by molar-refractivity contribution is 7.92. The summed E-state index contributed by atoms with van der Waals surface area (Å²) in [6, 6.07) is 15.4. The molecule has 1 aromatic heterocycles. The van der Waals surface area contributed by atoms with E-state index < -0.39 is 20.0 Å². The molecule has 32 heavy (non-hydrogen) atoms. The van der Waals surface area contributed by atoms with Crippen molar-refractivity contribution in [3.8, 4) is 11.3 Å². The second-order valence-electron chi connectivity index (χ2n) is 7.54. The van der Waals surface area contributed by atoms with Gasteiger partial charge < -0.3 is 0 Å². The lowest BCUT2D eigenvalue weighted by Gasteiger charge is -2.30. The van der Waals surface area contributed by atoms with Crippen molar-refractivity contribution in [1.29, 1.82) is 0 Å². The fourth-order valence-corrected chi connectivity index (χ4v) is 5.32. The van der Waals surface area contributed by atoms with E-state index in [2.05, 4.69) is 10.3 Å². The van der Waals surface area contributed by atoms with E-state index in [0.717, 1.165) is 11.1 Å². The summed E-state index contributed by atoms with van der Waals surface area (Å²) >= 11 is 0. The minimum atomic E-state index is -3.75. The van der Waals surface area contributed by atoms with E-state index in [9.17, 15) is 16.8 Å². The van der Waals surface area contributed by atoms with E-state index >= 15 is 0 Å². The fourth-order valence-electron chi connectivity index (χ4n) is 3.58. The molecule has 2 heterocycles. The molecule has 1 aliphatic heterocycles. The van der Waals surface area contributed by atoms with E-state index in [0.29, 0.717) is 31.6 Å². The van der Waals surface area contributed by atoms with E-state index in [-0.39, 0.29) is 10.9 Å². The normalized spacial score (nSPS) is 16.5. The van der Waals surface area contributed by atoms with Crippen LogP contribution in [0.4, 0.5) is 0 Å². The zero-order chi connectivity index (χ0) is 22.8. The van der Waals surface area contributed by atoms with Gasteiger partial charge in [-0.3, -0.25) is 0 Å². The molecule has 1 fully saturated rings. The smallest absolute Gasteiger partial charge is 0.238 e. The number of piperidine rings is 1. The van der Waals surface area contributed by atoms with E-state index in [1.807, 2.05) is 30.3 Å². The number of benzene rings is 2. The van der Waals surface area contributed by atoms with Crippen molar-refractivity contribution in [1.82, 2.24) is 19.3 Å². The summed E-state index contributed by atoms with van der Waals surface area (Å²) in [7, 11) is -7.24. The molecule has 0 spiro atoms. The second-order valence-corrected chi connectivity index (χ2v) is 10.9. The van der Waals surface area contributed by atoms with Crippen LogP contribution in [0.2, 0.25) is 0 Å². The molecule has 2 N–H and O–H groups in total. The van der Waals surface area contributed by atoms with Crippen LogP contribution in [-0.4, -0.2) is 49.2 Å². The van der Waals surface area contributed by atoms with Crippen molar-refractivity contribution >= 4 is 26.1 Å². The van der Waals surface area contributed by atoms with Crippen LogP contribution < -0.4 is 5.14 Å². The summed E-state index contributed by atoms with van der Waals surface area (Å²) in [5.74, 6) is 0. The van der Waals surface area contributed by atoms with E-state index in [1.165, 1.54) is 21.8 Å². The minimum absolute atomic E-state index is 0.0311. The lowest BCUT2D eigenvalue weighted by Crippen LogP contribution is -2.38. The molecule has 9 nitrogen and oxygen atoms in total. The number of hydrogen-bond acceptors (Lipinski definition) is 6. The van der Waals surface area contributed by atoms with Crippen molar-refractivity contribution in [2.45, 2.75) is 23.8 Å². The van der Waals surface area contributed by atoms with Gasteiger partial charge in [0.2, 0.25) is 20.0 Å². The Labute approximate surface area is 187 Å². The molecule has 1 aliphatic rings. The average molecular weight is 474 g/mol. The van der Waals surface area contributed by atoms with Gasteiger partial charge in [0.25, 0.3) is 0 Å². The molecule has 0 atom stereocenters. The molecular weight excluding hydrogens is 450 g/mol. The molecule has 1 saturated heterocycles. The molecule has 0 bridgehead atoms. The number of sulfonamides is 2. The molecule has 11 heteroatoms. The van der Waals surface area contributed by atoms with Gasteiger partial charge in [0.1, 0.15) is 5.69 Å². The van der Waals surface area contributed by atoms with Gasteiger partial charge in [-0.25, -0.2) is 26.7 Å². The van der Waals surface area contributed by atoms with Gasteiger partial charge in [0, 0.05) is 24.1 Å². The second kappa shape index (κ2) is 8.94. The molecule has 0 radical (unpaired) electrons. The number of rotatable bonds is 6. The molecule has 0 amide bonds. The molecule has 168 valence electrons. The molecule has 3 aromatic rings. The third-order valence-corrected chi connectivity index (χ3v) is 7.87. The number of nitrogens with two attached hydrogens (primary N) is 1. The molecular formula is C21H23N5O4S2. The Bertz CT molecular complexity index is 1310. The summed E-state index contributed by atoms with van der Waals surface area (Å²) in [5, 5.41) is 14.7. The van der Waals surface area contributed by atoms with Crippen LogP contribution in [0.3, 0.4) is 0 Å². The van der Waals surface area contributed by atoms with Gasteiger partial charge in [-0.1, -0.05) is 47.7 Å². The monoisotopic (exact) mass is 473 g/mol. The quantitative estimate of drug-likeness (QED) is 0.585. The van der Waals surface area contributed by atoms with Crippen molar-refractivity contribution in [3.63, 3.8) is 0 Å². The Hall–Kier alpha value is -2.86. The summed E-state index contributed by atoms with van der Waals surface area (Å²) < 4.78 is 51.3. The van der Waals surface area contributed by atoms with Gasteiger partial charge >= 0.3 is 0 Å². The van der Waals surface area contributed by atoms with Gasteiger partial charge in [0.05, 0.1) is 17.1 Å². The Morgan fingerprint density at radius 1 is 0.938 bits per heavy atom. The molecule has 2 aromatic carbocycles. The lowest BCUT2D eigenvalue weighted by atomic mass is 10.1. The van der Waals surface area contributed by atoms with Crippen molar-refractivity contribution in [3.05, 3.63) is 71.8 Å². The van der Waals surface area contributed by atoms with Gasteiger partial charge in [-0.15, -0.1) is 5.10 Å². The Morgan fingerprint density at radius 3 is 2.22 bits per heavy atom. The summed E-state index contributed by atoms with van der Waals surface area (Å²) in [5.41, 5.74) is 2.15. The maximum atomic E-state index is 12.6. The van der Waals surface area contributed by atoms with Gasteiger partial charge in [-0.05, 0) is 36.6 Å². The molecule has 4 rings (SSSR count). The first-order chi connectivity index (χ1) is 15.2. The maximum absolute atomic E-state index is 12.6. The van der Waals surface area contributed by atoms with Crippen LogP contribution in [0.5, 0.6) is 0 Å². The van der Waals surface area contributed by atoms with Gasteiger partial charge in [-0.2, -0.15) is 4.31 Å². The Kier molecular flexibility index (Phi) is 6.24. The SMILES string of the molecule is NS(=O)(=O)c1ccc(-c2cn(C3CCN(S(=O)(=O)/C=C/c4ccccc4)CC3)nn2)cc1. The molecule has 0 saturated carbocycles. The zero-order valence-electron chi connectivity index (χ0n) is 17.1. The van der Waals surface area contributed by atoms with Crippen molar-refractivity contribution in [2.75, 3.05) is 13.1 Å². The minimum Gasteiger partial charge on any atom is -0.249 e. The Morgan fingerprint density at radius 2 is 1.59 bits per heavy atom. The van der Waals surface area contributed by atoms with Gasteiger partial charge in [0.15, 0.2) is 0 Å². The highest BCUT2D eigenvalue weighted by atomic mass is 32.2. The first-order valence-electron chi connectivity index (χ1n) is 10.0. The summed E-state index contributed by atoms with van der Waals surface area (Å²) in [4.78, 5) is 0.0311. The lowest BCUT2D eigenvalue weighted by molar-refractivity contribution is 0.260. The van der Waals surface area contributed by atoms with Crippen LogP contribution in [0, 0.1) is 0 Å².